The number of hydrogen-bond donors (Lipinski definition) is 0. The van der Waals surface area contributed by atoms with Crippen LogP contribution in [-0.2, 0) is 4.79 Å². The third-order valence-corrected chi connectivity index (χ3v) is 4.32. The van der Waals surface area contributed by atoms with Gasteiger partial charge in [-0.3, -0.25) is 0 Å². The molecule has 22 heavy (non-hydrogen) atoms. The van der Waals surface area contributed by atoms with Crippen molar-refractivity contribution in [1.82, 2.24) is 4.90 Å². The van der Waals surface area contributed by atoms with Crippen LogP contribution in [0.5, 0.6) is 5.75 Å². The molecule has 0 amide bonds. The number of likely N-dealkylation sites (tertiary alicyclic amines) is 1. The van der Waals surface area contributed by atoms with E-state index in [1.807, 2.05) is 11.0 Å². The van der Waals surface area contributed by atoms with Gasteiger partial charge in [0, 0.05) is 6.54 Å². The van der Waals surface area contributed by atoms with Crippen LogP contribution in [0.3, 0.4) is 0 Å². The van der Waals surface area contributed by atoms with Crippen molar-refractivity contribution >= 4 is 5.97 Å². The largest absolute Gasteiger partial charge is 0.424 e. The molecule has 2 rings (SSSR count). The van der Waals surface area contributed by atoms with Crippen molar-refractivity contribution in [3.8, 4) is 5.75 Å². The number of carbonyl (C=O) groups excluding carboxylic acids is 1. The summed E-state index contributed by atoms with van der Waals surface area (Å²) >= 11 is 0. The molecule has 3 nitrogen and oxygen atoms in total. The summed E-state index contributed by atoms with van der Waals surface area (Å²) in [4.78, 5) is 14.6. The Hall–Kier alpha value is -1.77. The molecule has 0 aromatic heterocycles. The molecule has 0 bridgehead atoms. The van der Waals surface area contributed by atoms with Crippen LogP contribution in [0.15, 0.2) is 31.0 Å². The molecule has 1 aliphatic heterocycles. The zero-order chi connectivity index (χ0) is 16.3. The summed E-state index contributed by atoms with van der Waals surface area (Å²) in [6, 6.07) is 5.96. The van der Waals surface area contributed by atoms with Gasteiger partial charge in [-0.1, -0.05) is 52.5 Å². The van der Waals surface area contributed by atoms with E-state index in [1.165, 1.54) is 0 Å². The van der Waals surface area contributed by atoms with Crippen LogP contribution in [0.4, 0.5) is 0 Å². The molecule has 0 unspecified atom stereocenters. The molecule has 0 aliphatic carbocycles. The molecule has 1 saturated heterocycles. The minimum atomic E-state index is -0.197. The first kappa shape index (κ1) is 16.6. The topological polar surface area (TPSA) is 29.5 Å². The fraction of sp³-hybridized carbons (Fsp3) is 0.526. The van der Waals surface area contributed by atoms with Gasteiger partial charge in [-0.2, -0.15) is 0 Å². The SMILES string of the molecule is C=CN1CCC[C@@H]1C(=O)Oc1c(C(C)C)cccc1C(C)C. The van der Waals surface area contributed by atoms with Gasteiger partial charge in [-0.15, -0.1) is 0 Å². The van der Waals surface area contributed by atoms with Gasteiger partial charge >= 0.3 is 5.97 Å². The van der Waals surface area contributed by atoms with Crippen molar-refractivity contribution in [2.75, 3.05) is 6.54 Å². The van der Waals surface area contributed by atoms with E-state index in [2.05, 4.69) is 46.4 Å². The smallest absolute Gasteiger partial charge is 0.334 e. The van der Waals surface area contributed by atoms with Crippen LogP contribution < -0.4 is 4.74 Å². The zero-order valence-electron chi connectivity index (χ0n) is 14.1. The molecule has 120 valence electrons. The molecule has 3 heteroatoms. The van der Waals surface area contributed by atoms with E-state index in [9.17, 15) is 4.79 Å². The molecule has 0 saturated carbocycles. The van der Waals surface area contributed by atoms with Gasteiger partial charge in [-0.25, -0.2) is 4.79 Å². The van der Waals surface area contributed by atoms with Gasteiger partial charge in [-0.05, 0) is 42.0 Å². The number of rotatable bonds is 5. The monoisotopic (exact) mass is 301 g/mol. The number of esters is 1. The zero-order valence-corrected chi connectivity index (χ0v) is 14.1. The average molecular weight is 301 g/mol. The first-order chi connectivity index (χ1) is 10.5. The van der Waals surface area contributed by atoms with E-state index < -0.39 is 0 Å². The highest BCUT2D eigenvalue weighted by atomic mass is 16.5. The number of ether oxygens (including phenoxy) is 1. The average Bonchev–Trinajstić information content (AvgIpc) is 2.95. The van der Waals surface area contributed by atoms with Gasteiger partial charge in [0.15, 0.2) is 0 Å². The van der Waals surface area contributed by atoms with Crippen LogP contribution in [0, 0.1) is 0 Å². The lowest BCUT2D eigenvalue weighted by molar-refractivity contribution is -0.138. The third-order valence-electron chi connectivity index (χ3n) is 4.32. The van der Waals surface area contributed by atoms with Crippen molar-refractivity contribution in [3.63, 3.8) is 0 Å². The first-order valence-corrected chi connectivity index (χ1v) is 8.18. The van der Waals surface area contributed by atoms with Crippen LogP contribution in [0.1, 0.15) is 63.5 Å². The molecule has 1 aliphatic rings. The van der Waals surface area contributed by atoms with E-state index in [-0.39, 0.29) is 12.0 Å². The Balaban J connectivity index is 2.31. The summed E-state index contributed by atoms with van der Waals surface area (Å²) in [7, 11) is 0. The molecule has 0 spiro atoms. The lowest BCUT2D eigenvalue weighted by atomic mass is 9.94. The highest BCUT2D eigenvalue weighted by molar-refractivity contribution is 5.79. The standard InChI is InChI=1S/C19H27NO2/c1-6-20-12-8-11-17(20)19(21)22-18-15(13(2)3)9-7-10-16(18)14(4)5/h6-7,9-10,13-14,17H,1,8,11-12H2,2-5H3/t17-/m1/s1. The minimum absolute atomic E-state index is 0.160. The van der Waals surface area contributed by atoms with Crippen LogP contribution in [0.2, 0.25) is 0 Å². The molecular formula is C19H27NO2. The minimum Gasteiger partial charge on any atom is -0.424 e. The van der Waals surface area contributed by atoms with Gasteiger partial charge < -0.3 is 9.64 Å². The number of hydrogen-bond acceptors (Lipinski definition) is 3. The Bertz CT molecular complexity index is 522. The molecule has 0 N–H and O–H groups in total. The number of carbonyl (C=O) groups is 1. The molecule has 1 heterocycles. The van der Waals surface area contributed by atoms with Crippen molar-refractivity contribution in [2.24, 2.45) is 0 Å². The van der Waals surface area contributed by atoms with E-state index in [1.54, 1.807) is 6.20 Å². The van der Waals surface area contributed by atoms with Crippen molar-refractivity contribution in [2.45, 2.75) is 58.4 Å². The van der Waals surface area contributed by atoms with Gasteiger partial charge in [0.25, 0.3) is 0 Å². The van der Waals surface area contributed by atoms with E-state index in [4.69, 9.17) is 4.74 Å². The quantitative estimate of drug-likeness (QED) is 0.594. The highest BCUT2D eigenvalue weighted by Crippen LogP contribution is 2.35. The van der Waals surface area contributed by atoms with Gasteiger partial charge in [0.1, 0.15) is 11.8 Å². The Morgan fingerprint density at radius 3 is 2.36 bits per heavy atom. The summed E-state index contributed by atoms with van der Waals surface area (Å²) in [5.74, 6) is 1.24. The van der Waals surface area contributed by atoms with Gasteiger partial charge in [0.05, 0.1) is 0 Å². The summed E-state index contributed by atoms with van der Waals surface area (Å²) in [6.45, 7) is 13.2. The Labute approximate surface area is 134 Å². The fourth-order valence-electron chi connectivity index (χ4n) is 3.03. The second kappa shape index (κ2) is 6.99. The lowest BCUT2D eigenvalue weighted by Crippen LogP contribution is -2.35. The maximum atomic E-state index is 12.6. The second-order valence-corrected chi connectivity index (χ2v) is 6.57. The summed E-state index contributed by atoms with van der Waals surface area (Å²) < 4.78 is 5.89. The maximum absolute atomic E-state index is 12.6. The normalized spacial score (nSPS) is 18.1. The van der Waals surface area contributed by atoms with E-state index >= 15 is 0 Å². The molecule has 0 radical (unpaired) electrons. The lowest BCUT2D eigenvalue weighted by Gasteiger charge is -2.23. The van der Waals surface area contributed by atoms with Crippen LogP contribution >= 0.6 is 0 Å². The maximum Gasteiger partial charge on any atom is 0.334 e. The molecular weight excluding hydrogens is 274 g/mol. The highest BCUT2D eigenvalue weighted by Gasteiger charge is 2.31. The van der Waals surface area contributed by atoms with Crippen LogP contribution in [0.25, 0.3) is 0 Å². The number of nitrogens with zero attached hydrogens (tertiary/aromatic N) is 1. The van der Waals surface area contributed by atoms with E-state index in [0.29, 0.717) is 11.8 Å². The Morgan fingerprint density at radius 2 is 1.86 bits per heavy atom. The van der Waals surface area contributed by atoms with Crippen molar-refractivity contribution in [3.05, 3.63) is 42.1 Å². The summed E-state index contributed by atoms with van der Waals surface area (Å²) in [5.41, 5.74) is 2.20. The fourth-order valence-corrected chi connectivity index (χ4v) is 3.03. The molecule has 1 aromatic rings. The number of benzene rings is 1. The van der Waals surface area contributed by atoms with Crippen molar-refractivity contribution < 1.29 is 9.53 Å². The molecule has 1 fully saturated rings. The summed E-state index contributed by atoms with van der Waals surface area (Å²) in [5, 5.41) is 0. The second-order valence-electron chi connectivity index (χ2n) is 6.57. The first-order valence-electron chi connectivity index (χ1n) is 8.18. The van der Waals surface area contributed by atoms with E-state index in [0.717, 1.165) is 36.3 Å². The number of para-hydroxylation sites is 1. The van der Waals surface area contributed by atoms with Crippen molar-refractivity contribution in [1.29, 1.82) is 0 Å². The summed E-state index contributed by atoms with van der Waals surface area (Å²) in [6.07, 6.45) is 3.59. The molecule has 1 atom stereocenters. The third kappa shape index (κ3) is 3.34. The Morgan fingerprint density at radius 1 is 1.27 bits per heavy atom. The van der Waals surface area contributed by atoms with Crippen LogP contribution in [-0.4, -0.2) is 23.5 Å². The molecule has 1 aromatic carbocycles. The predicted octanol–water partition coefficient (Wildman–Crippen LogP) is 4.45. The van der Waals surface area contributed by atoms with Gasteiger partial charge in [0.2, 0.25) is 0 Å². The predicted molar refractivity (Wildman–Crippen MR) is 90.2 cm³/mol. The Kier molecular flexibility index (Phi) is 5.28.